The third kappa shape index (κ3) is 6.10. The van der Waals surface area contributed by atoms with Gasteiger partial charge in [-0.3, -0.25) is 15.0 Å². The van der Waals surface area contributed by atoms with Crippen molar-refractivity contribution >= 4 is 73.7 Å². The summed E-state index contributed by atoms with van der Waals surface area (Å²) in [5.74, 6) is -0.811. The molecule has 0 radical (unpaired) electrons. The van der Waals surface area contributed by atoms with Gasteiger partial charge in [0.15, 0.2) is 4.32 Å². The molecule has 178 valence electrons. The minimum Gasteiger partial charge on any atom is -0.488 e. The molecule has 10 heteroatoms. The van der Waals surface area contributed by atoms with Gasteiger partial charge in [0.1, 0.15) is 18.2 Å². The zero-order valence-corrected chi connectivity index (χ0v) is 22.2. The molecule has 1 aliphatic heterocycles. The topological polar surface area (TPSA) is 58.6 Å². The Kier molecular flexibility index (Phi) is 7.91. The van der Waals surface area contributed by atoms with Gasteiger partial charge in [-0.05, 0) is 78.8 Å². The molecular weight excluding hydrogens is 575 g/mol. The first-order valence-electron chi connectivity index (χ1n) is 10.2. The van der Waals surface area contributed by atoms with Crippen LogP contribution < -0.4 is 10.2 Å². The molecule has 3 aromatic rings. The number of rotatable bonds is 6. The van der Waals surface area contributed by atoms with Crippen LogP contribution in [0.4, 0.5) is 4.39 Å². The van der Waals surface area contributed by atoms with Crippen molar-refractivity contribution in [3.05, 3.63) is 103 Å². The third-order valence-electron chi connectivity index (χ3n) is 4.94. The number of hydrogen-bond acceptors (Lipinski definition) is 5. The van der Waals surface area contributed by atoms with Crippen molar-refractivity contribution in [2.75, 3.05) is 0 Å². The molecule has 2 amide bonds. The molecule has 5 nitrogen and oxygen atoms in total. The summed E-state index contributed by atoms with van der Waals surface area (Å²) in [6, 6.07) is 16.4. The van der Waals surface area contributed by atoms with Gasteiger partial charge in [-0.2, -0.15) is 5.01 Å². The van der Waals surface area contributed by atoms with Gasteiger partial charge in [0.05, 0.1) is 15.5 Å². The summed E-state index contributed by atoms with van der Waals surface area (Å²) in [5, 5.41) is 1.31. The number of ether oxygens (including phenoxy) is 1. The van der Waals surface area contributed by atoms with Gasteiger partial charge in [0, 0.05) is 10.0 Å². The Balaban J connectivity index is 1.53. The first-order valence-corrected chi connectivity index (χ1v) is 12.6. The summed E-state index contributed by atoms with van der Waals surface area (Å²) >= 11 is 16.0. The molecule has 0 aromatic heterocycles. The minimum absolute atomic E-state index is 0.182. The Morgan fingerprint density at radius 3 is 2.66 bits per heavy atom. The summed E-state index contributed by atoms with van der Waals surface area (Å²) in [7, 11) is 0. The van der Waals surface area contributed by atoms with Crippen LogP contribution in [0.25, 0.3) is 6.08 Å². The van der Waals surface area contributed by atoms with Crippen LogP contribution >= 0.6 is 51.5 Å². The van der Waals surface area contributed by atoms with Crippen LogP contribution in [0.5, 0.6) is 5.75 Å². The second-order valence-corrected chi connectivity index (χ2v) is 10.5. The third-order valence-corrected chi connectivity index (χ3v) is 7.05. The predicted molar refractivity (Wildman–Crippen MR) is 144 cm³/mol. The molecule has 0 saturated carbocycles. The van der Waals surface area contributed by atoms with Gasteiger partial charge in [-0.15, -0.1) is 0 Å². The van der Waals surface area contributed by atoms with E-state index in [2.05, 4.69) is 21.4 Å². The van der Waals surface area contributed by atoms with Crippen molar-refractivity contribution in [2.45, 2.75) is 13.5 Å². The first-order chi connectivity index (χ1) is 16.7. The summed E-state index contributed by atoms with van der Waals surface area (Å²) in [4.78, 5) is 26.1. The fraction of sp³-hybridized carbons (Fsp3) is 0.0800. The molecular formula is C25H17BrClFN2O3S2. The molecule has 0 spiro atoms. The molecule has 1 aliphatic rings. The Morgan fingerprint density at radius 1 is 1.20 bits per heavy atom. The SMILES string of the molecule is Cc1ccc(C(=O)NN2C(=O)/C(=C/c3cc(Br)ccc3OCc3ccc(F)cc3)SC2=S)c(Cl)c1. The van der Waals surface area contributed by atoms with Crippen LogP contribution in [0.2, 0.25) is 5.02 Å². The van der Waals surface area contributed by atoms with E-state index < -0.39 is 11.8 Å². The van der Waals surface area contributed by atoms with E-state index in [1.54, 1.807) is 48.5 Å². The quantitative estimate of drug-likeness (QED) is 0.256. The number of carbonyl (C=O) groups is 2. The summed E-state index contributed by atoms with van der Waals surface area (Å²) < 4.78 is 20.1. The number of thiocarbonyl (C=S) groups is 1. The fourth-order valence-corrected chi connectivity index (χ4v) is 5.05. The van der Waals surface area contributed by atoms with Crippen molar-refractivity contribution in [3.8, 4) is 5.75 Å². The van der Waals surface area contributed by atoms with Crippen LogP contribution in [0.1, 0.15) is 27.0 Å². The van der Waals surface area contributed by atoms with Crippen molar-refractivity contribution in [2.24, 2.45) is 0 Å². The molecule has 0 bridgehead atoms. The van der Waals surface area contributed by atoms with E-state index in [9.17, 15) is 14.0 Å². The van der Waals surface area contributed by atoms with Crippen molar-refractivity contribution in [1.82, 2.24) is 10.4 Å². The minimum atomic E-state index is -0.543. The lowest BCUT2D eigenvalue weighted by Crippen LogP contribution is -2.44. The molecule has 1 fully saturated rings. The van der Waals surface area contributed by atoms with Gasteiger partial charge in [0.2, 0.25) is 0 Å². The molecule has 4 rings (SSSR count). The highest BCUT2D eigenvalue weighted by Gasteiger charge is 2.34. The maximum Gasteiger partial charge on any atom is 0.285 e. The van der Waals surface area contributed by atoms with Gasteiger partial charge in [-0.1, -0.05) is 57.5 Å². The normalized spacial score (nSPS) is 14.5. The number of benzene rings is 3. The number of thioether (sulfide) groups is 1. The number of nitrogens with one attached hydrogen (secondary N) is 1. The molecule has 0 atom stereocenters. The zero-order valence-electron chi connectivity index (χ0n) is 18.2. The Bertz CT molecular complexity index is 1370. The molecule has 35 heavy (non-hydrogen) atoms. The average molecular weight is 592 g/mol. The number of hydrogen-bond donors (Lipinski definition) is 1. The lowest BCUT2D eigenvalue weighted by atomic mass is 10.1. The van der Waals surface area contributed by atoms with Crippen molar-refractivity contribution in [1.29, 1.82) is 0 Å². The summed E-state index contributed by atoms with van der Waals surface area (Å²) in [5.41, 5.74) is 5.11. The number of nitrogens with zero attached hydrogens (tertiary/aromatic N) is 1. The van der Waals surface area contributed by atoms with E-state index in [1.807, 2.05) is 13.0 Å². The van der Waals surface area contributed by atoms with Crippen LogP contribution in [-0.4, -0.2) is 21.1 Å². The molecule has 0 unspecified atom stereocenters. The molecule has 3 aromatic carbocycles. The molecule has 1 saturated heterocycles. The van der Waals surface area contributed by atoms with Gasteiger partial charge >= 0.3 is 0 Å². The molecule has 0 aliphatic carbocycles. The van der Waals surface area contributed by atoms with Crippen LogP contribution in [0, 0.1) is 12.7 Å². The number of hydrazine groups is 1. The number of halogens is 3. The van der Waals surface area contributed by atoms with Crippen molar-refractivity contribution in [3.63, 3.8) is 0 Å². The number of carbonyl (C=O) groups excluding carboxylic acids is 2. The Hall–Kier alpha value is -2.72. The molecule has 1 N–H and O–H groups in total. The lowest BCUT2D eigenvalue weighted by molar-refractivity contribution is -0.123. The predicted octanol–water partition coefficient (Wildman–Crippen LogP) is 6.68. The van der Waals surface area contributed by atoms with E-state index in [0.717, 1.165) is 32.4 Å². The van der Waals surface area contributed by atoms with Crippen LogP contribution in [-0.2, 0) is 11.4 Å². The summed E-state index contributed by atoms with van der Waals surface area (Å²) in [6.07, 6.45) is 1.65. The highest BCUT2D eigenvalue weighted by Crippen LogP contribution is 2.35. The first kappa shape index (κ1) is 25.4. The van der Waals surface area contributed by atoms with E-state index in [0.29, 0.717) is 16.2 Å². The van der Waals surface area contributed by atoms with E-state index in [-0.39, 0.29) is 27.3 Å². The Labute approximate surface area is 224 Å². The highest BCUT2D eigenvalue weighted by atomic mass is 79.9. The Morgan fingerprint density at radius 2 is 1.94 bits per heavy atom. The monoisotopic (exact) mass is 590 g/mol. The maximum absolute atomic E-state index is 13.2. The van der Waals surface area contributed by atoms with Gasteiger partial charge in [0.25, 0.3) is 11.8 Å². The smallest absolute Gasteiger partial charge is 0.285 e. The van der Waals surface area contributed by atoms with E-state index >= 15 is 0 Å². The fourth-order valence-electron chi connectivity index (χ4n) is 3.18. The lowest BCUT2D eigenvalue weighted by Gasteiger charge is -2.16. The molecule has 1 heterocycles. The maximum atomic E-state index is 13.2. The van der Waals surface area contributed by atoms with Crippen LogP contribution in [0.3, 0.4) is 0 Å². The van der Waals surface area contributed by atoms with Gasteiger partial charge in [-0.25, -0.2) is 4.39 Å². The average Bonchev–Trinajstić information content (AvgIpc) is 3.07. The van der Waals surface area contributed by atoms with Crippen LogP contribution in [0.15, 0.2) is 70.0 Å². The summed E-state index contributed by atoms with van der Waals surface area (Å²) in [6.45, 7) is 2.08. The van der Waals surface area contributed by atoms with Crippen molar-refractivity contribution < 1.29 is 18.7 Å². The number of amides is 2. The second kappa shape index (κ2) is 10.9. The highest BCUT2D eigenvalue weighted by molar-refractivity contribution is 9.10. The van der Waals surface area contributed by atoms with Gasteiger partial charge < -0.3 is 4.74 Å². The number of aryl methyl sites for hydroxylation is 1. The van der Waals surface area contributed by atoms with E-state index in [1.165, 1.54) is 12.1 Å². The largest absolute Gasteiger partial charge is 0.488 e. The zero-order chi connectivity index (χ0) is 25.1. The van der Waals surface area contributed by atoms with E-state index in [4.69, 9.17) is 28.6 Å². The second-order valence-electron chi connectivity index (χ2n) is 7.54. The standard InChI is InChI=1S/C25H17BrClFN2O3S2/c1-14-2-8-19(20(27)10-14)23(31)29-30-24(32)22(35-25(30)34)12-16-11-17(26)5-9-21(16)33-13-15-3-6-18(28)7-4-15/h2-12H,13H2,1H3,(H,29,31)/b22-12-.